The van der Waals surface area contributed by atoms with E-state index < -0.39 is 0 Å². The lowest BCUT2D eigenvalue weighted by Gasteiger charge is -2.27. The molecule has 1 atom stereocenters. The molecule has 1 unspecified atom stereocenters. The van der Waals surface area contributed by atoms with Gasteiger partial charge in [-0.15, -0.1) is 10.2 Å². The maximum Gasteiger partial charge on any atom is 0.225 e. The van der Waals surface area contributed by atoms with Crippen LogP contribution >= 0.6 is 11.6 Å². The van der Waals surface area contributed by atoms with Crippen LogP contribution in [0.15, 0.2) is 24.3 Å². The van der Waals surface area contributed by atoms with Crippen molar-refractivity contribution >= 4 is 11.6 Å². The van der Waals surface area contributed by atoms with Crippen LogP contribution in [0, 0.1) is 0 Å². The number of para-hydroxylation sites is 1. The lowest BCUT2D eigenvalue weighted by Crippen LogP contribution is -2.21. The molecule has 2 aromatic rings. The third-order valence-corrected chi connectivity index (χ3v) is 3.54. The van der Waals surface area contributed by atoms with Crippen LogP contribution in [0.3, 0.4) is 0 Å². The molecule has 1 aliphatic heterocycles. The zero-order chi connectivity index (χ0) is 12.5. The number of ether oxygens (including phenoxy) is 1. The Hall–Kier alpha value is -1.55. The van der Waals surface area contributed by atoms with Gasteiger partial charge in [0.25, 0.3) is 0 Å². The number of halogens is 1. The summed E-state index contributed by atoms with van der Waals surface area (Å²) in [6.45, 7) is 2.75. The molecule has 0 bridgehead atoms. The summed E-state index contributed by atoms with van der Waals surface area (Å²) in [5.74, 6) is 1.85. The topological polar surface area (TPSA) is 39.9 Å². The fourth-order valence-electron chi connectivity index (χ4n) is 2.44. The van der Waals surface area contributed by atoms with Crippen molar-refractivity contribution in [2.75, 3.05) is 6.61 Å². The molecule has 0 fully saturated rings. The Kier molecular flexibility index (Phi) is 2.96. The summed E-state index contributed by atoms with van der Waals surface area (Å²) >= 11 is 6.17. The molecule has 1 aliphatic rings. The predicted molar refractivity (Wildman–Crippen MR) is 69.1 cm³/mol. The summed E-state index contributed by atoms with van der Waals surface area (Å²) in [5.41, 5.74) is 1.15. The summed E-state index contributed by atoms with van der Waals surface area (Å²) in [5, 5.41) is 8.55. The molecule has 0 spiro atoms. The van der Waals surface area contributed by atoms with Gasteiger partial charge in [-0.1, -0.05) is 25.1 Å². The SMILES string of the molecule is CCc1nnc(Cl)n1C1CCOc2ccccc21. The van der Waals surface area contributed by atoms with Gasteiger partial charge in [-0.3, -0.25) is 4.57 Å². The Bertz CT molecular complexity index is 567. The van der Waals surface area contributed by atoms with Gasteiger partial charge < -0.3 is 4.74 Å². The van der Waals surface area contributed by atoms with Crippen LogP contribution in [-0.2, 0) is 6.42 Å². The van der Waals surface area contributed by atoms with Crippen molar-refractivity contribution in [3.05, 3.63) is 40.9 Å². The zero-order valence-electron chi connectivity index (χ0n) is 10.1. The zero-order valence-corrected chi connectivity index (χ0v) is 10.9. The van der Waals surface area contributed by atoms with Crippen molar-refractivity contribution in [3.8, 4) is 5.75 Å². The van der Waals surface area contributed by atoms with E-state index in [4.69, 9.17) is 16.3 Å². The van der Waals surface area contributed by atoms with Crippen LogP contribution in [0.2, 0.25) is 5.28 Å². The van der Waals surface area contributed by atoms with E-state index in [1.165, 1.54) is 0 Å². The van der Waals surface area contributed by atoms with E-state index in [0.717, 1.165) is 30.0 Å². The van der Waals surface area contributed by atoms with Gasteiger partial charge in [0.05, 0.1) is 12.6 Å². The summed E-state index contributed by atoms with van der Waals surface area (Å²) in [4.78, 5) is 0. The Morgan fingerprint density at radius 2 is 2.22 bits per heavy atom. The van der Waals surface area contributed by atoms with Gasteiger partial charge in [0.1, 0.15) is 11.6 Å². The van der Waals surface area contributed by atoms with Crippen molar-refractivity contribution in [3.63, 3.8) is 0 Å². The summed E-state index contributed by atoms with van der Waals surface area (Å²) in [7, 11) is 0. The van der Waals surface area contributed by atoms with Crippen LogP contribution in [0.4, 0.5) is 0 Å². The van der Waals surface area contributed by atoms with Gasteiger partial charge >= 0.3 is 0 Å². The molecule has 0 saturated heterocycles. The van der Waals surface area contributed by atoms with Gasteiger partial charge in [-0.05, 0) is 17.7 Å². The highest BCUT2D eigenvalue weighted by atomic mass is 35.5. The lowest BCUT2D eigenvalue weighted by atomic mass is 10.0. The molecular formula is C13H14ClN3O. The number of rotatable bonds is 2. The first-order valence-electron chi connectivity index (χ1n) is 6.12. The Morgan fingerprint density at radius 3 is 3.06 bits per heavy atom. The van der Waals surface area contributed by atoms with Crippen LogP contribution in [0.1, 0.15) is 30.8 Å². The molecule has 0 aliphatic carbocycles. The largest absolute Gasteiger partial charge is 0.493 e. The van der Waals surface area contributed by atoms with Gasteiger partial charge in [0.15, 0.2) is 0 Å². The molecule has 0 saturated carbocycles. The summed E-state index contributed by atoms with van der Waals surface area (Å²) < 4.78 is 7.68. The number of benzene rings is 1. The molecule has 0 radical (unpaired) electrons. The quantitative estimate of drug-likeness (QED) is 0.836. The molecule has 0 N–H and O–H groups in total. The van der Waals surface area contributed by atoms with E-state index in [0.29, 0.717) is 11.9 Å². The predicted octanol–water partition coefficient (Wildman–Crippen LogP) is 2.87. The van der Waals surface area contributed by atoms with Crippen molar-refractivity contribution in [2.45, 2.75) is 25.8 Å². The molecule has 1 aromatic carbocycles. The minimum absolute atomic E-state index is 0.174. The lowest BCUT2D eigenvalue weighted by molar-refractivity contribution is 0.255. The molecule has 94 valence electrons. The number of aryl methyl sites for hydroxylation is 1. The van der Waals surface area contributed by atoms with Crippen molar-refractivity contribution in [2.24, 2.45) is 0 Å². The van der Waals surface area contributed by atoms with Gasteiger partial charge in [-0.2, -0.15) is 0 Å². The van der Waals surface area contributed by atoms with E-state index in [1.54, 1.807) is 0 Å². The number of aromatic nitrogens is 3. The summed E-state index contributed by atoms with van der Waals surface area (Å²) in [6, 6.07) is 8.24. The average molecular weight is 264 g/mol. The maximum atomic E-state index is 6.17. The van der Waals surface area contributed by atoms with E-state index in [-0.39, 0.29) is 6.04 Å². The maximum absolute atomic E-state index is 6.17. The molecule has 0 amide bonds. The van der Waals surface area contributed by atoms with E-state index in [1.807, 2.05) is 22.8 Å². The van der Waals surface area contributed by atoms with Gasteiger partial charge in [0.2, 0.25) is 5.28 Å². The van der Waals surface area contributed by atoms with Crippen molar-refractivity contribution < 1.29 is 4.74 Å². The van der Waals surface area contributed by atoms with Crippen LogP contribution < -0.4 is 4.74 Å². The highest BCUT2D eigenvalue weighted by molar-refractivity contribution is 6.28. The Labute approximate surface area is 111 Å². The van der Waals surface area contributed by atoms with Crippen molar-refractivity contribution in [1.82, 2.24) is 14.8 Å². The molecule has 5 heteroatoms. The minimum Gasteiger partial charge on any atom is -0.493 e. The van der Waals surface area contributed by atoms with E-state index in [2.05, 4.69) is 23.2 Å². The highest BCUT2D eigenvalue weighted by Crippen LogP contribution is 2.36. The van der Waals surface area contributed by atoms with Crippen LogP contribution in [0.25, 0.3) is 0 Å². The summed E-state index contributed by atoms with van der Waals surface area (Å²) in [6.07, 6.45) is 1.71. The molecular weight excluding hydrogens is 250 g/mol. The molecule has 1 aromatic heterocycles. The third kappa shape index (κ3) is 1.77. The molecule has 4 nitrogen and oxygen atoms in total. The fraction of sp³-hybridized carbons (Fsp3) is 0.385. The fourth-order valence-corrected chi connectivity index (χ4v) is 2.70. The van der Waals surface area contributed by atoms with Crippen LogP contribution in [0.5, 0.6) is 5.75 Å². The second-order valence-corrected chi connectivity index (χ2v) is 4.64. The highest BCUT2D eigenvalue weighted by Gasteiger charge is 2.26. The average Bonchev–Trinajstić information content (AvgIpc) is 2.79. The van der Waals surface area contributed by atoms with E-state index >= 15 is 0 Å². The Balaban J connectivity index is 2.11. The number of hydrogen-bond acceptors (Lipinski definition) is 3. The van der Waals surface area contributed by atoms with E-state index in [9.17, 15) is 0 Å². The second kappa shape index (κ2) is 4.61. The smallest absolute Gasteiger partial charge is 0.225 e. The normalized spacial score (nSPS) is 18.2. The molecule has 3 rings (SSSR count). The van der Waals surface area contributed by atoms with Gasteiger partial charge in [-0.25, -0.2) is 0 Å². The van der Waals surface area contributed by atoms with Crippen molar-refractivity contribution in [1.29, 1.82) is 0 Å². The minimum atomic E-state index is 0.174. The number of nitrogens with zero attached hydrogens (tertiary/aromatic N) is 3. The molecule has 18 heavy (non-hydrogen) atoms. The van der Waals surface area contributed by atoms with Crippen LogP contribution in [-0.4, -0.2) is 21.4 Å². The first-order chi connectivity index (χ1) is 8.81. The van der Waals surface area contributed by atoms with Gasteiger partial charge in [0, 0.05) is 18.4 Å². The standard InChI is InChI=1S/C13H14ClN3O/c1-2-12-15-16-13(14)17(12)10-7-8-18-11-6-4-3-5-9(10)11/h3-6,10H,2,7-8H2,1H3. The number of hydrogen-bond donors (Lipinski definition) is 0. The molecule has 2 heterocycles. The Morgan fingerprint density at radius 1 is 1.39 bits per heavy atom. The monoisotopic (exact) mass is 263 g/mol. The first kappa shape index (κ1) is 11.5. The number of fused-ring (bicyclic) bond motifs is 1. The third-order valence-electron chi connectivity index (χ3n) is 3.28. The first-order valence-corrected chi connectivity index (χ1v) is 6.50. The second-order valence-electron chi connectivity index (χ2n) is 4.30.